The lowest BCUT2D eigenvalue weighted by atomic mass is 9.99. The lowest BCUT2D eigenvalue weighted by molar-refractivity contribution is -0.192. The standard InChI is InChI=1S/C19H23N3O.C2HF3O2/c1-12(19-14(3)22-23-15(19)4)10-20-11-17-9-16-7-5-6-8-18(16)21-13(17)2;3-2(4,5)1(6)7/h5-9,12,20H,10-11H2,1-4H3;(H,6,7). The van der Waals surface area contributed by atoms with E-state index in [0.29, 0.717) is 5.92 Å². The first-order valence-corrected chi connectivity index (χ1v) is 9.29. The number of carbonyl (C=O) groups is 1. The number of carboxylic acid groups (broad SMARTS) is 1. The quantitative estimate of drug-likeness (QED) is 0.620. The summed E-state index contributed by atoms with van der Waals surface area (Å²) in [5.41, 5.74) is 5.58. The molecule has 0 aliphatic heterocycles. The van der Waals surface area contributed by atoms with Crippen LogP contribution >= 0.6 is 0 Å². The van der Waals surface area contributed by atoms with Crippen molar-refractivity contribution in [1.29, 1.82) is 0 Å². The van der Waals surface area contributed by atoms with Crippen molar-refractivity contribution in [2.24, 2.45) is 0 Å². The zero-order chi connectivity index (χ0) is 22.5. The summed E-state index contributed by atoms with van der Waals surface area (Å²) in [4.78, 5) is 13.6. The van der Waals surface area contributed by atoms with E-state index in [4.69, 9.17) is 14.4 Å². The van der Waals surface area contributed by atoms with Crippen molar-refractivity contribution in [2.45, 2.75) is 46.3 Å². The van der Waals surface area contributed by atoms with E-state index in [2.05, 4.69) is 53.6 Å². The lowest BCUT2D eigenvalue weighted by Crippen LogP contribution is -2.21. The summed E-state index contributed by atoms with van der Waals surface area (Å²) in [6, 6.07) is 10.5. The van der Waals surface area contributed by atoms with Crippen molar-refractivity contribution < 1.29 is 27.6 Å². The van der Waals surface area contributed by atoms with Gasteiger partial charge < -0.3 is 14.9 Å². The molecule has 6 nitrogen and oxygen atoms in total. The van der Waals surface area contributed by atoms with Crippen LogP contribution in [0.15, 0.2) is 34.9 Å². The fraction of sp³-hybridized carbons (Fsp3) is 0.381. The Kier molecular flexibility index (Phi) is 7.55. The van der Waals surface area contributed by atoms with E-state index in [-0.39, 0.29) is 0 Å². The van der Waals surface area contributed by atoms with Gasteiger partial charge in [0.2, 0.25) is 0 Å². The molecule has 162 valence electrons. The summed E-state index contributed by atoms with van der Waals surface area (Å²) in [7, 11) is 0. The van der Waals surface area contributed by atoms with Crippen molar-refractivity contribution in [3.05, 3.63) is 58.6 Å². The van der Waals surface area contributed by atoms with Gasteiger partial charge in [0.15, 0.2) is 0 Å². The molecule has 1 atom stereocenters. The summed E-state index contributed by atoms with van der Waals surface area (Å²) in [6.07, 6.45) is -5.08. The number of benzene rings is 1. The fourth-order valence-corrected chi connectivity index (χ4v) is 3.15. The molecular weight excluding hydrogens is 399 g/mol. The van der Waals surface area contributed by atoms with Crippen LogP contribution in [0.3, 0.4) is 0 Å². The van der Waals surface area contributed by atoms with E-state index in [1.807, 2.05) is 19.9 Å². The first-order chi connectivity index (χ1) is 14.0. The SMILES string of the molecule is Cc1nc2ccccc2cc1CNCC(C)c1c(C)noc1C.O=C(O)C(F)(F)F. The van der Waals surface area contributed by atoms with Crippen LogP contribution in [0, 0.1) is 20.8 Å². The van der Waals surface area contributed by atoms with E-state index < -0.39 is 12.1 Å². The van der Waals surface area contributed by atoms with Gasteiger partial charge in [0.25, 0.3) is 0 Å². The maximum atomic E-state index is 10.6. The Hall–Kier alpha value is -2.94. The van der Waals surface area contributed by atoms with Gasteiger partial charge in [-0.25, -0.2) is 4.79 Å². The molecule has 2 N–H and O–H groups in total. The van der Waals surface area contributed by atoms with Gasteiger partial charge in [-0.2, -0.15) is 13.2 Å². The number of carboxylic acids is 1. The molecule has 1 aromatic carbocycles. The Balaban J connectivity index is 0.000000396. The Bertz CT molecular complexity index is 996. The molecule has 2 heterocycles. The van der Waals surface area contributed by atoms with Crippen molar-refractivity contribution in [2.75, 3.05) is 6.54 Å². The largest absolute Gasteiger partial charge is 0.490 e. The molecule has 2 aromatic heterocycles. The van der Waals surface area contributed by atoms with Gasteiger partial charge in [-0.05, 0) is 44.4 Å². The molecule has 0 aliphatic rings. The van der Waals surface area contributed by atoms with Gasteiger partial charge in [0, 0.05) is 29.7 Å². The van der Waals surface area contributed by atoms with E-state index in [0.717, 1.165) is 35.8 Å². The van der Waals surface area contributed by atoms with Crippen LogP contribution in [0.5, 0.6) is 0 Å². The van der Waals surface area contributed by atoms with Gasteiger partial charge in [0.1, 0.15) is 5.76 Å². The number of fused-ring (bicyclic) bond motifs is 1. The van der Waals surface area contributed by atoms with Crippen LogP contribution in [0.1, 0.15) is 41.1 Å². The Labute approximate surface area is 172 Å². The zero-order valence-electron chi connectivity index (χ0n) is 17.2. The van der Waals surface area contributed by atoms with E-state index in [1.165, 1.54) is 16.5 Å². The van der Waals surface area contributed by atoms with E-state index >= 15 is 0 Å². The lowest BCUT2D eigenvalue weighted by Gasteiger charge is -2.14. The molecule has 3 aromatic rings. The summed E-state index contributed by atoms with van der Waals surface area (Å²) >= 11 is 0. The molecule has 0 bridgehead atoms. The molecule has 0 saturated heterocycles. The summed E-state index contributed by atoms with van der Waals surface area (Å²) in [5.74, 6) is -1.47. The minimum atomic E-state index is -5.08. The third-order valence-corrected chi connectivity index (χ3v) is 4.61. The minimum Gasteiger partial charge on any atom is -0.475 e. The number of rotatable bonds is 5. The van der Waals surface area contributed by atoms with Gasteiger partial charge in [0.05, 0.1) is 11.2 Å². The molecule has 1 unspecified atom stereocenters. The normalized spacial score (nSPS) is 12.4. The van der Waals surface area contributed by atoms with Crippen LogP contribution in [0.2, 0.25) is 0 Å². The second kappa shape index (κ2) is 9.71. The molecule has 0 spiro atoms. The van der Waals surface area contributed by atoms with Gasteiger partial charge in [-0.3, -0.25) is 4.98 Å². The number of hydrogen-bond acceptors (Lipinski definition) is 5. The maximum absolute atomic E-state index is 10.6. The van der Waals surface area contributed by atoms with Crippen LogP contribution in [-0.4, -0.2) is 33.9 Å². The van der Waals surface area contributed by atoms with Crippen LogP contribution in [0.4, 0.5) is 13.2 Å². The van der Waals surface area contributed by atoms with Crippen molar-refractivity contribution in [3.8, 4) is 0 Å². The highest BCUT2D eigenvalue weighted by atomic mass is 19.4. The number of aromatic nitrogens is 2. The second-order valence-electron chi connectivity index (χ2n) is 7.00. The van der Waals surface area contributed by atoms with E-state index in [1.54, 1.807) is 0 Å². The second-order valence-corrected chi connectivity index (χ2v) is 7.00. The highest BCUT2D eigenvalue weighted by molar-refractivity contribution is 5.79. The molecular formula is C21H24F3N3O3. The molecule has 3 rings (SSSR count). The molecule has 9 heteroatoms. The third-order valence-electron chi connectivity index (χ3n) is 4.61. The number of alkyl halides is 3. The Morgan fingerprint density at radius 2 is 1.83 bits per heavy atom. The molecule has 0 radical (unpaired) electrons. The first-order valence-electron chi connectivity index (χ1n) is 9.29. The van der Waals surface area contributed by atoms with E-state index in [9.17, 15) is 13.2 Å². The monoisotopic (exact) mass is 423 g/mol. The van der Waals surface area contributed by atoms with Gasteiger partial charge in [-0.15, -0.1) is 0 Å². The number of nitrogens with zero attached hydrogens (tertiary/aromatic N) is 2. The van der Waals surface area contributed by atoms with Crippen LogP contribution < -0.4 is 5.32 Å². The zero-order valence-corrected chi connectivity index (χ0v) is 17.2. The van der Waals surface area contributed by atoms with Crippen molar-refractivity contribution >= 4 is 16.9 Å². The predicted molar refractivity (Wildman–Crippen MR) is 106 cm³/mol. The van der Waals surface area contributed by atoms with Crippen LogP contribution in [-0.2, 0) is 11.3 Å². The van der Waals surface area contributed by atoms with Gasteiger partial charge in [-0.1, -0.05) is 30.3 Å². The molecule has 0 fully saturated rings. The fourth-order valence-electron chi connectivity index (χ4n) is 3.15. The smallest absolute Gasteiger partial charge is 0.475 e. The number of aryl methyl sites for hydroxylation is 3. The molecule has 30 heavy (non-hydrogen) atoms. The first kappa shape index (κ1) is 23.3. The minimum absolute atomic E-state index is 0.370. The average Bonchev–Trinajstić information content (AvgIpc) is 3.00. The maximum Gasteiger partial charge on any atom is 0.490 e. The summed E-state index contributed by atoms with van der Waals surface area (Å²) in [6.45, 7) is 9.95. The predicted octanol–water partition coefficient (Wildman–Crippen LogP) is 4.67. The molecule has 0 amide bonds. The summed E-state index contributed by atoms with van der Waals surface area (Å²) < 4.78 is 37.0. The Morgan fingerprint density at radius 1 is 1.20 bits per heavy atom. The highest BCUT2D eigenvalue weighted by Crippen LogP contribution is 2.22. The Morgan fingerprint density at radius 3 is 2.40 bits per heavy atom. The topological polar surface area (TPSA) is 88.3 Å². The summed E-state index contributed by atoms with van der Waals surface area (Å²) in [5, 5.41) is 15.9. The average molecular weight is 423 g/mol. The molecule has 0 aliphatic carbocycles. The number of hydrogen-bond donors (Lipinski definition) is 2. The molecule has 0 saturated carbocycles. The number of aliphatic carboxylic acids is 1. The van der Waals surface area contributed by atoms with Gasteiger partial charge >= 0.3 is 12.1 Å². The number of halogens is 3. The number of nitrogens with one attached hydrogen (secondary N) is 1. The number of para-hydroxylation sites is 1. The third kappa shape index (κ3) is 6.03. The number of pyridine rings is 1. The van der Waals surface area contributed by atoms with Crippen molar-refractivity contribution in [3.63, 3.8) is 0 Å². The van der Waals surface area contributed by atoms with Crippen molar-refractivity contribution in [1.82, 2.24) is 15.5 Å². The van der Waals surface area contributed by atoms with Crippen LogP contribution in [0.25, 0.3) is 10.9 Å². The highest BCUT2D eigenvalue weighted by Gasteiger charge is 2.38.